The number of aromatic amines is 1. The summed E-state index contributed by atoms with van der Waals surface area (Å²) in [5, 5.41) is 2.24. The largest absolute Gasteiger partial charge is 0.347 e. The summed E-state index contributed by atoms with van der Waals surface area (Å²) in [6.45, 7) is 0.262. The van der Waals surface area contributed by atoms with Gasteiger partial charge in [0.15, 0.2) is 17.5 Å². The van der Waals surface area contributed by atoms with Crippen LogP contribution >= 0.6 is 11.3 Å². The first-order valence-corrected chi connectivity index (χ1v) is 10.6. The fourth-order valence-electron chi connectivity index (χ4n) is 3.71. The molecule has 3 aromatic heterocycles. The Morgan fingerprint density at radius 2 is 1.75 bits per heavy atom. The zero-order valence-electron chi connectivity index (χ0n) is 16.5. The van der Waals surface area contributed by atoms with Crippen molar-refractivity contribution in [2.24, 2.45) is 0 Å². The monoisotopic (exact) mass is 452 g/mol. The van der Waals surface area contributed by atoms with Crippen molar-refractivity contribution < 1.29 is 13.2 Å². The van der Waals surface area contributed by atoms with Crippen LogP contribution in [-0.2, 0) is 13.1 Å². The van der Waals surface area contributed by atoms with Crippen molar-refractivity contribution in [3.05, 3.63) is 99.2 Å². The molecule has 0 atom stereocenters. The third kappa shape index (κ3) is 3.60. The van der Waals surface area contributed by atoms with Crippen LogP contribution in [0.15, 0.2) is 65.0 Å². The van der Waals surface area contributed by atoms with Gasteiger partial charge in [-0.15, -0.1) is 11.3 Å². The van der Waals surface area contributed by atoms with Crippen LogP contribution < -0.4 is 10.5 Å². The second-order valence-corrected chi connectivity index (χ2v) is 8.14. The zero-order chi connectivity index (χ0) is 22.2. The van der Waals surface area contributed by atoms with Crippen molar-refractivity contribution in [2.45, 2.75) is 13.1 Å². The lowest BCUT2D eigenvalue weighted by Gasteiger charge is -2.25. The molecule has 0 bridgehead atoms. The van der Waals surface area contributed by atoms with E-state index in [1.54, 1.807) is 23.1 Å². The van der Waals surface area contributed by atoms with Crippen LogP contribution in [0.25, 0.3) is 21.1 Å². The molecule has 0 spiro atoms. The smallest absolute Gasteiger partial charge is 0.248 e. The first-order chi connectivity index (χ1) is 15.5. The lowest BCUT2D eigenvalue weighted by atomic mass is 10.1. The van der Waals surface area contributed by atoms with E-state index in [4.69, 9.17) is 0 Å². The molecule has 0 saturated heterocycles. The minimum absolute atomic E-state index is 0.115. The van der Waals surface area contributed by atoms with E-state index in [1.165, 1.54) is 35.9 Å². The number of benzene rings is 2. The highest BCUT2D eigenvalue weighted by Gasteiger charge is 2.19. The molecule has 0 radical (unpaired) electrons. The Hall–Kier alpha value is -3.72. The number of H-pyrrole nitrogens is 1. The van der Waals surface area contributed by atoms with Gasteiger partial charge in [0.25, 0.3) is 0 Å². The third-order valence-corrected chi connectivity index (χ3v) is 6.10. The summed E-state index contributed by atoms with van der Waals surface area (Å²) in [7, 11) is 0. The minimum atomic E-state index is -1.12. The highest BCUT2D eigenvalue weighted by atomic mass is 32.1. The van der Waals surface area contributed by atoms with Gasteiger partial charge in [-0.1, -0.05) is 18.2 Å². The topological polar surface area (TPSA) is 61.9 Å². The van der Waals surface area contributed by atoms with Gasteiger partial charge < -0.3 is 9.88 Å². The van der Waals surface area contributed by atoms with E-state index in [2.05, 4.69) is 15.0 Å². The summed E-state index contributed by atoms with van der Waals surface area (Å²) >= 11 is 1.44. The molecule has 3 heterocycles. The predicted molar refractivity (Wildman–Crippen MR) is 118 cm³/mol. The number of aromatic nitrogens is 3. The van der Waals surface area contributed by atoms with Crippen LogP contribution in [0.4, 0.5) is 19.0 Å². The molecular weight excluding hydrogens is 437 g/mol. The maximum absolute atomic E-state index is 14.5. The molecule has 0 unspecified atom stereocenters. The number of fused-ring (bicyclic) bond motifs is 2. The highest BCUT2D eigenvalue weighted by molar-refractivity contribution is 7.17. The number of pyridine rings is 1. The minimum Gasteiger partial charge on any atom is -0.347 e. The molecule has 160 valence electrons. The summed E-state index contributed by atoms with van der Waals surface area (Å²) in [5.74, 6) is -1.99. The summed E-state index contributed by atoms with van der Waals surface area (Å²) in [5.41, 5.74) is 0.862. The van der Waals surface area contributed by atoms with Gasteiger partial charge in [0.1, 0.15) is 12.1 Å². The molecule has 0 fully saturated rings. The highest BCUT2D eigenvalue weighted by Crippen LogP contribution is 2.31. The van der Waals surface area contributed by atoms with Crippen LogP contribution in [0.2, 0.25) is 0 Å². The molecule has 0 aliphatic carbocycles. The Bertz CT molecular complexity index is 1510. The van der Waals surface area contributed by atoms with Gasteiger partial charge in [-0.05, 0) is 35.2 Å². The van der Waals surface area contributed by atoms with Crippen molar-refractivity contribution in [2.75, 3.05) is 4.90 Å². The number of nitrogens with one attached hydrogen (secondary N) is 1. The molecule has 1 N–H and O–H groups in total. The van der Waals surface area contributed by atoms with E-state index in [0.717, 1.165) is 16.3 Å². The maximum Gasteiger partial charge on any atom is 0.248 e. The molecular formula is C23H15F3N4OS. The van der Waals surface area contributed by atoms with Crippen molar-refractivity contribution in [1.82, 2.24) is 15.0 Å². The normalized spacial score (nSPS) is 11.3. The Balaban J connectivity index is 1.67. The average Bonchev–Trinajstić information content (AvgIpc) is 3.26. The molecule has 0 aliphatic heterocycles. The molecule has 32 heavy (non-hydrogen) atoms. The second-order valence-electron chi connectivity index (χ2n) is 7.22. The molecule has 0 amide bonds. The molecule has 5 aromatic rings. The first kappa shape index (κ1) is 20.2. The van der Waals surface area contributed by atoms with E-state index in [0.29, 0.717) is 22.3 Å². The molecule has 2 aromatic carbocycles. The molecule has 5 nitrogen and oxygen atoms in total. The lowest BCUT2D eigenvalue weighted by Crippen LogP contribution is -2.25. The van der Waals surface area contributed by atoms with Crippen LogP contribution in [0.3, 0.4) is 0 Å². The molecule has 0 aliphatic rings. The van der Waals surface area contributed by atoms with Gasteiger partial charge in [-0.2, -0.15) is 0 Å². The number of halogens is 3. The third-order valence-electron chi connectivity index (χ3n) is 5.20. The van der Waals surface area contributed by atoms with E-state index in [9.17, 15) is 18.0 Å². The van der Waals surface area contributed by atoms with Gasteiger partial charge in [-0.3, -0.25) is 4.79 Å². The summed E-state index contributed by atoms with van der Waals surface area (Å²) in [6, 6.07) is 12.0. The quantitative estimate of drug-likeness (QED) is 0.400. The Morgan fingerprint density at radius 1 is 0.938 bits per heavy atom. The van der Waals surface area contributed by atoms with E-state index < -0.39 is 17.2 Å². The van der Waals surface area contributed by atoms with E-state index in [-0.39, 0.29) is 24.4 Å². The fraction of sp³-hybridized carbons (Fsp3) is 0.0870. The number of thiophene rings is 1. The number of rotatable bonds is 5. The van der Waals surface area contributed by atoms with Crippen LogP contribution in [0, 0.1) is 17.5 Å². The standard InChI is InChI=1S/C23H15F3N4OS/c24-16-4-2-1-3-13(16)10-30(23-22-18(7-8-32-22)27-12-28-23)11-14-9-19(31)29-21-15(14)5-6-17(25)20(21)26/h1-9,12H,10-11H2,(H,29,31). The van der Waals surface area contributed by atoms with Gasteiger partial charge in [0.05, 0.1) is 15.7 Å². The Kier molecular flexibility index (Phi) is 5.10. The van der Waals surface area contributed by atoms with Gasteiger partial charge in [0.2, 0.25) is 5.56 Å². The number of hydrogen-bond acceptors (Lipinski definition) is 5. The van der Waals surface area contributed by atoms with E-state index >= 15 is 0 Å². The van der Waals surface area contributed by atoms with Gasteiger partial charge in [0, 0.05) is 30.1 Å². The zero-order valence-corrected chi connectivity index (χ0v) is 17.3. The van der Waals surface area contributed by atoms with Crippen molar-refractivity contribution >= 4 is 38.3 Å². The second kappa shape index (κ2) is 8.08. The summed E-state index contributed by atoms with van der Waals surface area (Å²) in [4.78, 5) is 25.1. The molecule has 5 rings (SSSR count). The summed E-state index contributed by atoms with van der Waals surface area (Å²) in [6.07, 6.45) is 1.42. The van der Waals surface area contributed by atoms with Crippen molar-refractivity contribution in [3.8, 4) is 0 Å². The number of nitrogens with zero attached hydrogens (tertiary/aromatic N) is 3. The van der Waals surface area contributed by atoms with Crippen molar-refractivity contribution in [3.63, 3.8) is 0 Å². The van der Waals surface area contributed by atoms with E-state index in [1.807, 2.05) is 11.4 Å². The number of hydrogen-bond donors (Lipinski definition) is 1. The lowest BCUT2D eigenvalue weighted by molar-refractivity contribution is 0.515. The first-order valence-electron chi connectivity index (χ1n) is 9.68. The van der Waals surface area contributed by atoms with Gasteiger partial charge >= 0.3 is 0 Å². The van der Waals surface area contributed by atoms with Crippen LogP contribution in [0.5, 0.6) is 0 Å². The molecule has 0 saturated carbocycles. The fourth-order valence-corrected chi connectivity index (χ4v) is 4.57. The maximum atomic E-state index is 14.5. The predicted octanol–water partition coefficient (Wildman–Crippen LogP) is 5.16. The number of anilines is 1. The van der Waals surface area contributed by atoms with Crippen LogP contribution in [-0.4, -0.2) is 15.0 Å². The molecule has 9 heteroatoms. The Morgan fingerprint density at radius 3 is 2.59 bits per heavy atom. The summed E-state index contributed by atoms with van der Waals surface area (Å²) < 4.78 is 43.4. The van der Waals surface area contributed by atoms with Gasteiger partial charge in [-0.25, -0.2) is 23.1 Å². The average molecular weight is 452 g/mol. The Labute approximate surface area is 183 Å². The SMILES string of the molecule is O=c1cc(CN(Cc2ccccc2F)c2ncnc3ccsc23)c2ccc(F)c(F)c2[nH]1. The van der Waals surface area contributed by atoms with Crippen molar-refractivity contribution in [1.29, 1.82) is 0 Å². The van der Waals surface area contributed by atoms with Crippen LogP contribution in [0.1, 0.15) is 11.1 Å².